The number of benzene rings is 1. The Labute approximate surface area is 200 Å². The molecular weight excluding hydrogens is 434 g/mol. The van der Waals surface area contributed by atoms with Gasteiger partial charge in [-0.3, -0.25) is 19.9 Å². The summed E-state index contributed by atoms with van der Waals surface area (Å²) in [4.78, 5) is 33.4. The molecule has 9 heteroatoms. The molecule has 9 nitrogen and oxygen atoms in total. The number of methoxy groups -OCH3 is 1. The number of carbonyl (C=O) groups is 2. The third-order valence-electron chi connectivity index (χ3n) is 6.25. The van der Waals surface area contributed by atoms with Gasteiger partial charge < -0.3 is 25.5 Å². The molecule has 2 heterocycles. The number of nitrogens with one attached hydrogen (secondary N) is 4. The molecule has 0 bridgehead atoms. The van der Waals surface area contributed by atoms with E-state index >= 15 is 0 Å². The van der Waals surface area contributed by atoms with Gasteiger partial charge in [-0.25, -0.2) is 0 Å². The summed E-state index contributed by atoms with van der Waals surface area (Å²) >= 11 is 0. The van der Waals surface area contributed by atoms with Crippen LogP contribution in [0.5, 0.6) is 5.75 Å². The summed E-state index contributed by atoms with van der Waals surface area (Å²) in [5.41, 5.74) is 1.15. The van der Waals surface area contributed by atoms with E-state index in [-0.39, 0.29) is 29.7 Å². The van der Waals surface area contributed by atoms with Crippen LogP contribution in [-0.2, 0) is 4.79 Å². The molecule has 2 amide bonds. The normalized spacial score (nSPS) is 20.0. The summed E-state index contributed by atoms with van der Waals surface area (Å²) in [6, 6.07) is 6.31. The molecule has 0 radical (unpaired) electrons. The molecule has 1 aromatic carbocycles. The summed E-state index contributed by atoms with van der Waals surface area (Å²) in [6.07, 6.45) is 2.34. The number of aromatic amines is 1. The average molecular weight is 472 g/mol. The second kappa shape index (κ2) is 12.0. The molecule has 0 aliphatic carbocycles. The molecule has 3 rings (SSSR count). The Hall–Kier alpha value is -2.91. The lowest BCUT2D eigenvalue weighted by molar-refractivity contribution is -0.124. The first-order valence-electron chi connectivity index (χ1n) is 11.9. The number of rotatable bonds is 11. The highest BCUT2D eigenvalue weighted by molar-refractivity contribution is 6.01. The number of nitrogens with zero attached hydrogens (tertiary/aromatic N) is 1. The number of aliphatic imine (C=N–C) groups is 1. The molecule has 1 aliphatic heterocycles. The zero-order valence-corrected chi connectivity index (χ0v) is 20.3. The molecule has 1 aromatic heterocycles. The maximum Gasteiger partial charge on any atom is 0.268 e. The molecule has 186 valence electrons. The Balaban J connectivity index is 1.71. The second-order valence-corrected chi connectivity index (χ2v) is 9.41. The molecular formula is C25H37N5O4. The van der Waals surface area contributed by atoms with Crippen molar-refractivity contribution in [1.29, 1.82) is 0 Å². The van der Waals surface area contributed by atoms with Crippen LogP contribution >= 0.6 is 0 Å². The first kappa shape index (κ1) is 25.7. The summed E-state index contributed by atoms with van der Waals surface area (Å²) in [5.74, 6) is 0.273. The van der Waals surface area contributed by atoms with Crippen LogP contribution in [0.4, 0.5) is 0 Å². The summed E-state index contributed by atoms with van der Waals surface area (Å²) < 4.78 is 5.38. The number of piperidine rings is 1. The fraction of sp³-hybridized carbons (Fsp3) is 0.560. The van der Waals surface area contributed by atoms with Gasteiger partial charge >= 0.3 is 0 Å². The van der Waals surface area contributed by atoms with Crippen molar-refractivity contribution in [3.05, 3.63) is 30.0 Å². The molecule has 1 unspecified atom stereocenters. The minimum absolute atomic E-state index is 0.0280. The number of aromatic nitrogens is 1. The maximum atomic E-state index is 13.2. The van der Waals surface area contributed by atoms with Crippen LogP contribution in [0.3, 0.4) is 0 Å². The van der Waals surface area contributed by atoms with Gasteiger partial charge in [0.25, 0.3) is 5.91 Å². The molecule has 1 saturated heterocycles. The molecule has 1 aliphatic rings. The van der Waals surface area contributed by atoms with E-state index in [1.54, 1.807) is 13.2 Å². The number of amides is 2. The van der Waals surface area contributed by atoms with E-state index in [1.165, 1.54) is 0 Å². The lowest BCUT2D eigenvalue weighted by Crippen LogP contribution is -2.52. The second-order valence-electron chi connectivity index (χ2n) is 9.41. The predicted octanol–water partition coefficient (Wildman–Crippen LogP) is 2.21. The van der Waals surface area contributed by atoms with Gasteiger partial charge in [-0.2, -0.15) is 0 Å². The van der Waals surface area contributed by atoms with Crippen LogP contribution in [0.1, 0.15) is 50.0 Å². The number of hydrogen-bond acceptors (Lipinski definition) is 6. The lowest BCUT2D eigenvalue weighted by Gasteiger charge is -2.32. The van der Waals surface area contributed by atoms with Crippen molar-refractivity contribution < 1.29 is 19.4 Å². The highest BCUT2D eigenvalue weighted by atomic mass is 16.5. The van der Waals surface area contributed by atoms with Gasteiger partial charge in [-0.15, -0.1) is 0 Å². The molecule has 1 fully saturated rings. The highest BCUT2D eigenvalue weighted by Crippen LogP contribution is 2.26. The smallest absolute Gasteiger partial charge is 0.268 e. The van der Waals surface area contributed by atoms with E-state index in [9.17, 15) is 14.7 Å². The molecule has 0 spiro atoms. The van der Waals surface area contributed by atoms with Crippen LogP contribution in [-0.4, -0.2) is 67.1 Å². The third kappa shape index (κ3) is 6.57. The Bertz CT molecular complexity index is 989. The van der Waals surface area contributed by atoms with Gasteiger partial charge in [0.2, 0.25) is 5.91 Å². The minimum Gasteiger partial charge on any atom is -0.496 e. The van der Waals surface area contributed by atoms with Crippen LogP contribution in [0.2, 0.25) is 0 Å². The van der Waals surface area contributed by atoms with Gasteiger partial charge in [0.1, 0.15) is 23.7 Å². The van der Waals surface area contributed by atoms with Gasteiger partial charge in [0, 0.05) is 22.9 Å². The standard InChI is InChI=1S/C25H37N5O4/c1-15(2)11-20(24(32)28-17(14-26-3)12-16-7-6-10-27-23(16)31)30-25(33)21-13-18-19(29-21)8-5-9-22(18)34-4/h5,8-9,13,15-17,20,23,27,29,31H,3,6-7,10-12,14H2,1-2,4H3,(H,28,32)(H,30,33)/t16-,17-,20-,23?/m0/s1. The molecule has 5 N–H and O–H groups in total. The number of hydrogen-bond donors (Lipinski definition) is 5. The van der Waals surface area contributed by atoms with Crippen LogP contribution < -0.4 is 20.7 Å². The fourth-order valence-corrected chi connectivity index (χ4v) is 4.55. The largest absolute Gasteiger partial charge is 0.496 e. The minimum atomic E-state index is -0.706. The SMILES string of the molecule is C=NC[C@H](C[C@@H]1CCCNC1O)NC(=O)[C@H](CC(C)C)NC(=O)c1cc2c(OC)cccc2[nH]1. The van der Waals surface area contributed by atoms with Crippen LogP contribution in [0.25, 0.3) is 10.9 Å². The fourth-order valence-electron chi connectivity index (χ4n) is 4.55. The van der Waals surface area contributed by atoms with Crippen molar-refractivity contribution in [2.75, 3.05) is 20.2 Å². The maximum absolute atomic E-state index is 13.2. The molecule has 0 saturated carbocycles. The Morgan fingerprint density at radius 3 is 2.79 bits per heavy atom. The number of H-pyrrole nitrogens is 1. The lowest BCUT2D eigenvalue weighted by atomic mass is 9.90. The van der Waals surface area contributed by atoms with Gasteiger partial charge in [-0.05, 0) is 63.1 Å². The predicted molar refractivity (Wildman–Crippen MR) is 133 cm³/mol. The zero-order valence-electron chi connectivity index (χ0n) is 20.3. The summed E-state index contributed by atoms with van der Waals surface area (Å²) in [6.45, 7) is 8.72. The highest BCUT2D eigenvalue weighted by Gasteiger charge is 2.29. The van der Waals surface area contributed by atoms with Crippen molar-refractivity contribution in [2.24, 2.45) is 16.8 Å². The summed E-state index contributed by atoms with van der Waals surface area (Å²) in [7, 11) is 1.58. The molecule has 2 aromatic rings. The Morgan fingerprint density at radius 2 is 2.12 bits per heavy atom. The quantitative estimate of drug-likeness (QED) is 0.321. The van der Waals surface area contributed by atoms with Crippen molar-refractivity contribution in [3.63, 3.8) is 0 Å². The Morgan fingerprint density at radius 1 is 1.32 bits per heavy atom. The summed E-state index contributed by atoms with van der Waals surface area (Å²) in [5, 5.41) is 20.1. The molecule has 4 atom stereocenters. The first-order chi connectivity index (χ1) is 16.3. The van der Waals surface area contributed by atoms with Crippen LogP contribution in [0.15, 0.2) is 29.3 Å². The number of aliphatic hydroxyl groups is 1. The van der Waals surface area contributed by atoms with E-state index in [4.69, 9.17) is 4.74 Å². The number of fused-ring (bicyclic) bond motifs is 1. The van der Waals surface area contributed by atoms with Gasteiger partial charge in [0.15, 0.2) is 0 Å². The van der Waals surface area contributed by atoms with E-state index < -0.39 is 12.3 Å². The zero-order chi connectivity index (χ0) is 24.7. The van der Waals surface area contributed by atoms with Crippen molar-refractivity contribution in [3.8, 4) is 5.75 Å². The first-order valence-corrected chi connectivity index (χ1v) is 11.9. The van der Waals surface area contributed by atoms with Crippen molar-refractivity contribution in [1.82, 2.24) is 20.9 Å². The van der Waals surface area contributed by atoms with E-state index in [0.717, 1.165) is 30.3 Å². The van der Waals surface area contributed by atoms with Crippen LogP contribution in [0, 0.1) is 11.8 Å². The number of ether oxygens (including phenoxy) is 1. The third-order valence-corrected chi connectivity index (χ3v) is 6.25. The van der Waals surface area contributed by atoms with E-state index in [0.29, 0.717) is 30.8 Å². The molecule has 34 heavy (non-hydrogen) atoms. The van der Waals surface area contributed by atoms with Gasteiger partial charge in [-0.1, -0.05) is 19.9 Å². The van der Waals surface area contributed by atoms with Gasteiger partial charge in [0.05, 0.1) is 13.7 Å². The van der Waals surface area contributed by atoms with E-state index in [2.05, 4.69) is 32.6 Å². The topological polar surface area (TPSA) is 128 Å². The van der Waals surface area contributed by atoms with E-state index in [1.807, 2.05) is 32.0 Å². The monoisotopic (exact) mass is 471 g/mol. The number of aliphatic hydroxyl groups excluding tert-OH is 1. The Kier molecular flexibility index (Phi) is 9.06. The van der Waals surface area contributed by atoms with Crippen molar-refractivity contribution >= 4 is 29.4 Å². The number of carbonyl (C=O) groups excluding carboxylic acids is 2. The van der Waals surface area contributed by atoms with Crippen molar-refractivity contribution in [2.45, 2.75) is 57.8 Å². The average Bonchev–Trinajstić information content (AvgIpc) is 3.24.